The Morgan fingerprint density at radius 2 is 2.10 bits per heavy atom. The molecule has 2 amide bonds. The lowest BCUT2D eigenvalue weighted by atomic mass is 10.1. The Morgan fingerprint density at radius 3 is 2.84 bits per heavy atom. The summed E-state index contributed by atoms with van der Waals surface area (Å²) in [4.78, 5) is 17.3. The summed E-state index contributed by atoms with van der Waals surface area (Å²) in [7, 11) is 1.70. The van der Waals surface area contributed by atoms with Gasteiger partial charge in [-0.3, -0.25) is 0 Å². The molecule has 1 aliphatic heterocycles. The zero-order valence-corrected chi connectivity index (χ0v) is 18.5. The highest BCUT2D eigenvalue weighted by atomic mass is 16.5. The average molecular weight is 424 g/mol. The first-order valence-electron chi connectivity index (χ1n) is 11.6. The Balaban J connectivity index is 1.13. The van der Waals surface area contributed by atoms with Crippen molar-refractivity contribution < 1.29 is 13.9 Å². The number of anilines is 1. The third kappa shape index (κ3) is 4.68. The minimum Gasteiger partial charge on any atom is -0.497 e. The number of hydrogen-bond donors (Lipinski definition) is 1. The molecule has 5 rings (SSSR count). The van der Waals surface area contributed by atoms with Gasteiger partial charge in [0.2, 0.25) is 0 Å². The van der Waals surface area contributed by atoms with Gasteiger partial charge in [-0.2, -0.15) is 0 Å². The first-order chi connectivity index (χ1) is 15.1. The monoisotopic (exact) mass is 423 g/mol. The molecule has 166 valence electrons. The van der Waals surface area contributed by atoms with Crippen molar-refractivity contribution in [3.05, 3.63) is 47.9 Å². The van der Waals surface area contributed by atoms with Gasteiger partial charge in [0, 0.05) is 43.3 Å². The average Bonchev–Trinajstić information content (AvgIpc) is 3.66. The number of methoxy groups -OCH3 is 1. The van der Waals surface area contributed by atoms with Crippen molar-refractivity contribution in [1.82, 2.24) is 10.2 Å². The Labute approximate surface area is 184 Å². The first kappa shape index (κ1) is 20.3. The molecule has 1 aromatic heterocycles. The molecular formula is C25H33N3O3. The number of hydrogen-bond acceptors (Lipinski definition) is 4. The van der Waals surface area contributed by atoms with Crippen LogP contribution in [0.15, 0.2) is 40.8 Å². The first-order valence-corrected chi connectivity index (χ1v) is 11.6. The number of amides is 2. The van der Waals surface area contributed by atoms with E-state index in [1.165, 1.54) is 12.1 Å². The summed E-state index contributed by atoms with van der Waals surface area (Å²) < 4.78 is 11.4. The molecule has 1 saturated heterocycles. The van der Waals surface area contributed by atoms with Crippen LogP contribution in [0.2, 0.25) is 0 Å². The van der Waals surface area contributed by atoms with Gasteiger partial charge >= 0.3 is 6.03 Å². The van der Waals surface area contributed by atoms with Gasteiger partial charge in [0.15, 0.2) is 0 Å². The van der Waals surface area contributed by atoms with Gasteiger partial charge < -0.3 is 24.3 Å². The number of urea groups is 1. The number of rotatable bonds is 8. The van der Waals surface area contributed by atoms with Crippen molar-refractivity contribution in [3.8, 4) is 5.75 Å². The zero-order chi connectivity index (χ0) is 21.4. The van der Waals surface area contributed by atoms with Crippen molar-refractivity contribution in [2.75, 3.05) is 31.6 Å². The largest absolute Gasteiger partial charge is 0.497 e. The van der Waals surface area contributed by atoms with E-state index in [0.717, 1.165) is 55.5 Å². The van der Waals surface area contributed by atoms with Gasteiger partial charge in [0.05, 0.1) is 13.7 Å². The number of carbonyl (C=O) groups excluding carboxylic acids is 1. The Hall–Kier alpha value is -2.63. The molecule has 1 aromatic carbocycles. The molecule has 3 atom stereocenters. The summed E-state index contributed by atoms with van der Waals surface area (Å²) >= 11 is 0. The van der Waals surface area contributed by atoms with Crippen molar-refractivity contribution in [1.29, 1.82) is 0 Å². The third-order valence-electron chi connectivity index (χ3n) is 6.98. The molecule has 0 radical (unpaired) electrons. The molecule has 2 aliphatic carbocycles. The highest BCUT2D eigenvalue weighted by Crippen LogP contribution is 2.47. The fourth-order valence-corrected chi connectivity index (χ4v) is 4.69. The number of ether oxygens (including phenoxy) is 1. The number of furan rings is 1. The molecule has 3 unspecified atom stereocenters. The van der Waals surface area contributed by atoms with Gasteiger partial charge in [0.1, 0.15) is 17.3 Å². The van der Waals surface area contributed by atoms with E-state index in [1.807, 2.05) is 23.1 Å². The van der Waals surface area contributed by atoms with Crippen LogP contribution in [0, 0.1) is 11.8 Å². The predicted molar refractivity (Wildman–Crippen MR) is 121 cm³/mol. The molecule has 0 bridgehead atoms. The van der Waals surface area contributed by atoms with E-state index < -0.39 is 0 Å². The standard InChI is InChI=1S/C25H33N3O3/c1-17-12-23(17)24-9-8-22(31-24)16-28(19-6-7-19)25(29)26-14-18-10-11-27(15-18)20-4-3-5-21(13-20)30-2/h3-5,8-9,13,17-19,23H,6-7,10-12,14-16H2,1-2H3,(H,26,29). The normalized spacial score (nSPS) is 24.8. The molecule has 0 spiro atoms. The van der Waals surface area contributed by atoms with Gasteiger partial charge in [-0.05, 0) is 61.8 Å². The second-order valence-electron chi connectivity index (χ2n) is 9.47. The van der Waals surface area contributed by atoms with E-state index in [1.54, 1.807) is 7.11 Å². The molecular weight excluding hydrogens is 390 g/mol. The minimum absolute atomic E-state index is 0.0417. The Bertz CT molecular complexity index is 922. The number of nitrogens with zero attached hydrogens (tertiary/aromatic N) is 2. The lowest BCUT2D eigenvalue weighted by molar-refractivity contribution is 0.185. The zero-order valence-electron chi connectivity index (χ0n) is 18.5. The van der Waals surface area contributed by atoms with Gasteiger partial charge in [-0.25, -0.2) is 4.79 Å². The second-order valence-corrected chi connectivity index (χ2v) is 9.47. The highest BCUT2D eigenvalue weighted by Gasteiger charge is 2.37. The lowest BCUT2D eigenvalue weighted by Gasteiger charge is -2.23. The summed E-state index contributed by atoms with van der Waals surface area (Å²) in [6.07, 6.45) is 4.48. The molecule has 2 aromatic rings. The SMILES string of the molecule is COc1cccc(N2CCC(CNC(=O)N(Cc3ccc(C4CC4C)o3)C3CC3)C2)c1. The Morgan fingerprint density at radius 1 is 1.26 bits per heavy atom. The van der Waals surface area contributed by atoms with Crippen LogP contribution in [-0.2, 0) is 6.54 Å². The lowest BCUT2D eigenvalue weighted by Crippen LogP contribution is -2.43. The van der Waals surface area contributed by atoms with E-state index in [2.05, 4.69) is 35.3 Å². The predicted octanol–water partition coefficient (Wildman–Crippen LogP) is 4.61. The molecule has 3 aliphatic rings. The topological polar surface area (TPSA) is 58.0 Å². The van der Waals surface area contributed by atoms with E-state index in [-0.39, 0.29) is 6.03 Å². The maximum absolute atomic E-state index is 13.0. The van der Waals surface area contributed by atoms with Crippen LogP contribution in [0.3, 0.4) is 0 Å². The molecule has 6 heteroatoms. The van der Waals surface area contributed by atoms with Gasteiger partial charge in [-0.15, -0.1) is 0 Å². The van der Waals surface area contributed by atoms with Crippen LogP contribution < -0.4 is 15.0 Å². The van der Waals surface area contributed by atoms with E-state index >= 15 is 0 Å². The van der Waals surface area contributed by atoms with Crippen molar-refractivity contribution in [2.24, 2.45) is 11.8 Å². The number of carbonyl (C=O) groups is 1. The van der Waals surface area contributed by atoms with Crippen molar-refractivity contribution in [3.63, 3.8) is 0 Å². The molecule has 1 N–H and O–H groups in total. The fourth-order valence-electron chi connectivity index (χ4n) is 4.69. The fraction of sp³-hybridized carbons (Fsp3) is 0.560. The number of nitrogens with one attached hydrogen (secondary N) is 1. The quantitative estimate of drug-likeness (QED) is 0.674. The smallest absolute Gasteiger partial charge is 0.318 e. The van der Waals surface area contributed by atoms with Crippen LogP contribution in [0.4, 0.5) is 10.5 Å². The second kappa shape index (κ2) is 8.48. The van der Waals surface area contributed by atoms with E-state index in [4.69, 9.17) is 9.15 Å². The summed E-state index contributed by atoms with van der Waals surface area (Å²) in [5.41, 5.74) is 1.19. The van der Waals surface area contributed by atoms with Crippen LogP contribution in [0.25, 0.3) is 0 Å². The van der Waals surface area contributed by atoms with Gasteiger partial charge in [-0.1, -0.05) is 13.0 Å². The van der Waals surface area contributed by atoms with E-state index in [9.17, 15) is 4.79 Å². The Kier molecular flexibility index (Phi) is 5.55. The third-order valence-corrected chi connectivity index (χ3v) is 6.98. The van der Waals surface area contributed by atoms with Crippen LogP contribution >= 0.6 is 0 Å². The molecule has 3 fully saturated rings. The molecule has 2 saturated carbocycles. The number of benzene rings is 1. The summed E-state index contributed by atoms with van der Waals surface area (Å²) in [5.74, 6) is 4.63. The molecule has 6 nitrogen and oxygen atoms in total. The van der Waals surface area contributed by atoms with E-state index in [0.29, 0.717) is 31.0 Å². The maximum Gasteiger partial charge on any atom is 0.318 e. The van der Waals surface area contributed by atoms with Crippen LogP contribution in [0.1, 0.15) is 50.0 Å². The summed E-state index contributed by atoms with van der Waals surface area (Å²) in [6.45, 7) is 5.51. The van der Waals surface area contributed by atoms with Crippen molar-refractivity contribution >= 4 is 11.7 Å². The highest BCUT2D eigenvalue weighted by molar-refractivity contribution is 5.75. The minimum atomic E-state index is 0.0417. The van der Waals surface area contributed by atoms with Gasteiger partial charge in [0.25, 0.3) is 0 Å². The van der Waals surface area contributed by atoms with Crippen molar-refractivity contribution in [2.45, 2.75) is 51.1 Å². The molecule has 31 heavy (non-hydrogen) atoms. The summed E-state index contributed by atoms with van der Waals surface area (Å²) in [5, 5.41) is 3.20. The van der Waals surface area contributed by atoms with Crippen LogP contribution in [0.5, 0.6) is 5.75 Å². The van der Waals surface area contributed by atoms with Crippen LogP contribution in [-0.4, -0.2) is 43.7 Å². The molecule has 2 heterocycles. The summed E-state index contributed by atoms with van der Waals surface area (Å²) in [6, 6.07) is 12.7. The maximum atomic E-state index is 13.0.